The molecule has 1 saturated heterocycles. The number of hydrogen-bond donors (Lipinski definition) is 0. The van der Waals surface area contributed by atoms with E-state index in [1.54, 1.807) is 0 Å². The van der Waals surface area contributed by atoms with Gasteiger partial charge in [-0.2, -0.15) is 0 Å². The molecule has 98 valence electrons. The first-order valence-electron chi connectivity index (χ1n) is 6.25. The maximum Gasteiger partial charge on any atom is 0.190 e. The molecule has 1 aromatic carbocycles. The first-order valence-corrected chi connectivity index (χ1v) is 6.25. The number of likely N-dealkylation sites (N-methyl/N-ethyl adjacent to an activating group) is 1. The minimum absolute atomic E-state index is 0.328. The molecule has 0 saturated carbocycles. The van der Waals surface area contributed by atoms with Crippen LogP contribution in [0.25, 0.3) is 0 Å². The van der Waals surface area contributed by atoms with Crippen molar-refractivity contribution in [3.05, 3.63) is 47.7 Å². The van der Waals surface area contributed by atoms with Gasteiger partial charge < -0.3 is 14.0 Å². The Bertz CT molecular complexity index is 434. The molecular formula is C15H22NO2+. The molecule has 1 atom stereocenters. The van der Waals surface area contributed by atoms with Crippen LogP contribution in [0.1, 0.15) is 12.5 Å². The van der Waals surface area contributed by atoms with Crippen LogP contribution in [0.4, 0.5) is 0 Å². The first kappa shape index (κ1) is 13.1. The molecule has 2 rings (SSSR count). The molecule has 1 fully saturated rings. The van der Waals surface area contributed by atoms with E-state index in [9.17, 15) is 0 Å². The predicted molar refractivity (Wildman–Crippen MR) is 71.8 cm³/mol. The molecule has 0 aliphatic carbocycles. The van der Waals surface area contributed by atoms with Gasteiger partial charge in [0.25, 0.3) is 0 Å². The van der Waals surface area contributed by atoms with Gasteiger partial charge in [0.1, 0.15) is 12.3 Å². The highest BCUT2D eigenvalue weighted by Gasteiger charge is 2.39. The summed E-state index contributed by atoms with van der Waals surface area (Å²) in [6.45, 7) is 3.31. The molecule has 0 radical (unpaired) electrons. The van der Waals surface area contributed by atoms with Gasteiger partial charge in [0.05, 0.1) is 21.1 Å². The third kappa shape index (κ3) is 2.74. The van der Waals surface area contributed by atoms with Crippen molar-refractivity contribution < 1.29 is 14.0 Å². The molecule has 0 amide bonds. The summed E-state index contributed by atoms with van der Waals surface area (Å²) < 4.78 is 12.3. The van der Waals surface area contributed by atoms with E-state index in [0.29, 0.717) is 6.79 Å². The number of benzene rings is 1. The van der Waals surface area contributed by atoms with E-state index in [0.717, 1.165) is 22.4 Å². The van der Waals surface area contributed by atoms with Crippen molar-refractivity contribution in [2.75, 3.05) is 34.5 Å². The monoisotopic (exact) mass is 248 g/mol. The number of nitrogens with zero attached hydrogens (tertiary/aromatic N) is 1. The predicted octanol–water partition coefficient (Wildman–Crippen LogP) is 2.50. The zero-order chi connectivity index (χ0) is 13.2. The van der Waals surface area contributed by atoms with Crippen molar-refractivity contribution in [1.82, 2.24) is 0 Å². The molecule has 0 unspecified atom stereocenters. The Morgan fingerprint density at radius 3 is 2.50 bits per heavy atom. The summed E-state index contributed by atoms with van der Waals surface area (Å²) in [5.41, 5.74) is 0.686. The number of rotatable bonds is 3. The van der Waals surface area contributed by atoms with Crippen molar-refractivity contribution in [3.63, 3.8) is 0 Å². The van der Waals surface area contributed by atoms with Crippen LogP contribution in [-0.2, 0) is 15.1 Å². The van der Waals surface area contributed by atoms with Crippen LogP contribution in [0.15, 0.2) is 42.2 Å². The lowest BCUT2D eigenvalue weighted by atomic mass is 9.93. The summed E-state index contributed by atoms with van der Waals surface area (Å²) in [6, 6.07) is 10.2. The van der Waals surface area contributed by atoms with E-state index in [2.05, 4.69) is 46.3 Å². The van der Waals surface area contributed by atoms with Gasteiger partial charge in [-0.15, -0.1) is 0 Å². The Balaban J connectivity index is 2.27. The highest BCUT2D eigenvalue weighted by Crippen LogP contribution is 2.38. The Morgan fingerprint density at radius 1 is 1.22 bits per heavy atom. The van der Waals surface area contributed by atoms with Gasteiger partial charge in [0.2, 0.25) is 0 Å². The minimum Gasteiger partial charge on any atom is -0.468 e. The molecule has 0 bridgehead atoms. The smallest absolute Gasteiger partial charge is 0.190 e. The third-order valence-electron chi connectivity index (χ3n) is 3.18. The number of ether oxygens (including phenoxy) is 2. The fourth-order valence-electron chi connectivity index (χ4n) is 2.01. The van der Waals surface area contributed by atoms with E-state index in [1.165, 1.54) is 0 Å². The molecule has 1 aliphatic rings. The molecule has 0 N–H and O–H groups in total. The van der Waals surface area contributed by atoms with Crippen LogP contribution in [0, 0.1) is 0 Å². The van der Waals surface area contributed by atoms with E-state index < -0.39 is 5.60 Å². The molecule has 18 heavy (non-hydrogen) atoms. The largest absolute Gasteiger partial charge is 0.468 e. The van der Waals surface area contributed by atoms with Gasteiger partial charge in [0, 0.05) is 6.08 Å². The van der Waals surface area contributed by atoms with Crippen molar-refractivity contribution in [3.8, 4) is 0 Å². The van der Waals surface area contributed by atoms with Crippen LogP contribution < -0.4 is 0 Å². The summed E-state index contributed by atoms with van der Waals surface area (Å²) >= 11 is 0. The topological polar surface area (TPSA) is 18.5 Å². The zero-order valence-corrected chi connectivity index (χ0v) is 11.6. The fourth-order valence-corrected chi connectivity index (χ4v) is 2.01. The Labute approximate surface area is 109 Å². The zero-order valence-electron chi connectivity index (χ0n) is 11.6. The molecule has 3 nitrogen and oxygen atoms in total. The summed E-state index contributed by atoms with van der Waals surface area (Å²) in [6.07, 6.45) is 2.14. The van der Waals surface area contributed by atoms with Crippen molar-refractivity contribution in [2.45, 2.75) is 12.5 Å². The van der Waals surface area contributed by atoms with Gasteiger partial charge >= 0.3 is 0 Å². The molecule has 1 heterocycles. The third-order valence-corrected chi connectivity index (χ3v) is 3.18. The Kier molecular flexibility index (Phi) is 3.46. The SMILES string of the molecule is C[C@@]1(c2ccccc2)OCO/C1=C\C[N+](C)(C)C. The van der Waals surface area contributed by atoms with E-state index in [-0.39, 0.29) is 0 Å². The molecular weight excluding hydrogens is 226 g/mol. The fraction of sp³-hybridized carbons (Fsp3) is 0.467. The van der Waals surface area contributed by atoms with E-state index in [1.807, 2.05) is 18.2 Å². The van der Waals surface area contributed by atoms with E-state index in [4.69, 9.17) is 9.47 Å². The van der Waals surface area contributed by atoms with Crippen LogP contribution in [0.3, 0.4) is 0 Å². The molecule has 0 spiro atoms. The second kappa shape index (κ2) is 4.75. The summed E-state index contributed by atoms with van der Waals surface area (Å²) in [5, 5.41) is 0. The summed E-state index contributed by atoms with van der Waals surface area (Å²) in [5.74, 6) is 0.918. The van der Waals surface area contributed by atoms with Crippen molar-refractivity contribution >= 4 is 0 Å². The van der Waals surface area contributed by atoms with Crippen LogP contribution in [0.2, 0.25) is 0 Å². The average molecular weight is 248 g/mol. The molecule has 1 aromatic rings. The van der Waals surface area contributed by atoms with E-state index >= 15 is 0 Å². The van der Waals surface area contributed by atoms with Gasteiger partial charge in [0.15, 0.2) is 12.4 Å². The average Bonchev–Trinajstić information content (AvgIpc) is 2.70. The molecule has 3 heteroatoms. The van der Waals surface area contributed by atoms with Gasteiger partial charge in [-0.05, 0) is 12.5 Å². The molecule has 0 aromatic heterocycles. The Morgan fingerprint density at radius 2 is 1.89 bits per heavy atom. The number of quaternary nitrogens is 1. The number of hydrogen-bond acceptors (Lipinski definition) is 2. The van der Waals surface area contributed by atoms with Crippen molar-refractivity contribution in [1.29, 1.82) is 0 Å². The lowest BCUT2D eigenvalue weighted by Crippen LogP contribution is -2.35. The second-order valence-corrected chi connectivity index (χ2v) is 5.85. The van der Waals surface area contributed by atoms with Gasteiger partial charge in [-0.25, -0.2) is 0 Å². The first-order chi connectivity index (χ1) is 8.42. The molecule has 1 aliphatic heterocycles. The van der Waals surface area contributed by atoms with Crippen LogP contribution in [-0.4, -0.2) is 39.0 Å². The van der Waals surface area contributed by atoms with Crippen molar-refractivity contribution in [2.24, 2.45) is 0 Å². The minimum atomic E-state index is -0.448. The standard InChI is InChI=1S/C15H22NO2/c1-15(13-8-6-5-7-9-13)14(17-12-18-15)10-11-16(2,3)4/h5-10H,11-12H2,1-4H3/q+1/b14-10-/t15-/m0/s1. The summed E-state index contributed by atoms with van der Waals surface area (Å²) in [4.78, 5) is 0. The highest BCUT2D eigenvalue weighted by molar-refractivity contribution is 5.30. The van der Waals surface area contributed by atoms with Crippen LogP contribution in [0.5, 0.6) is 0 Å². The Hall–Kier alpha value is -1.32. The summed E-state index contributed by atoms with van der Waals surface area (Å²) in [7, 11) is 6.48. The maximum atomic E-state index is 5.81. The highest BCUT2D eigenvalue weighted by atomic mass is 16.7. The quantitative estimate of drug-likeness (QED) is 0.765. The van der Waals surface area contributed by atoms with Crippen LogP contribution >= 0.6 is 0 Å². The maximum absolute atomic E-state index is 5.81. The second-order valence-electron chi connectivity index (χ2n) is 5.85. The van der Waals surface area contributed by atoms with Gasteiger partial charge in [-0.1, -0.05) is 30.3 Å². The lowest BCUT2D eigenvalue weighted by molar-refractivity contribution is -0.864. The van der Waals surface area contributed by atoms with Gasteiger partial charge in [-0.3, -0.25) is 0 Å². The normalized spacial score (nSPS) is 26.3. The lowest BCUT2D eigenvalue weighted by Gasteiger charge is -2.25.